The number of ketones is 2. The normalized spacial score (nSPS) is 19.1. The summed E-state index contributed by atoms with van der Waals surface area (Å²) in [5, 5.41) is 0.986. The molecule has 0 amide bonds. The van der Waals surface area contributed by atoms with Crippen molar-refractivity contribution in [2.75, 3.05) is 0 Å². The molecule has 0 bridgehead atoms. The molecule has 0 aliphatic carbocycles. The topological polar surface area (TPSA) is 43.4 Å². The number of Topliss-reactive ketones (excluding diaryl/α,β-unsaturated/α-hetero) is 2. The summed E-state index contributed by atoms with van der Waals surface area (Å²) in [4.78, 5) is 26.1. The van der Waals surface area contributed by atoms with Crippen molar-refractivity contribution in [3.63, 3.8) is 0 Å². The van der Waals surface area contributed by atoms with Gasteiger partial charge in [0.2, 0.25) is 0 Å². The lowest BCUT2D eigenvalue weighted by Crippen LogP contribution is -2.58. The Labute approximate surface area is 176 Å². The predicted octanol–water partition coefficient (Wildman–Crippen LogP) is 6.03. The van der Waals surface area contributed by atoms with Gasteiger partial charge in [0.05, 0.1) is 10.0 Å². The summed E-state index contributed by atoms with van der Waals surface area (Å²) in [5.74, 6) is -1.22. The van der Waals surface area contributed by atoms with Crippen molar-refractivity contribution in [2.45, 2.75) is 58.2 Å². The highest BCUT2D eigenvalue weighted by molar-refractivity contribution is 6.42. The van der Waals surface area contributed by atoms with E-state index in [1.807, 2.05) is 37.3 Å². The zero-order valence-electron chi connectivity index (χ0n) is 16.7. The van der Waals surface area contributed by atoms with Gasteiger partial charge in [-0.25, -0.2) is 0 Å². The molecule has 1 aliphatic rings. The van der Waals surface area contributed by atoms with Gasteiger partial charge in [-0.2, -0.15) is 0 Å². The largest absolute Gasteiger partial charge is 0.354 e. The Morgan fingerprint density at radius 1 is 0.857 bits per heavy atom. The molecule has 28 heavy (non-hydrogen) atoms. The molecule has 0 aromatic heterocycles. The summed E-state index contributed by atoms with van der Waals surface area (Å²) >= 11 is 12.2. The van der Waals surface area contributed by atoms with Gasteiger partial charge in [0.15, 0.2) is 11.6 Å². The summed E-state index contributed by atoms with van der Waals surface area (Å²) in [6, 6.07) is 11.3. The molecule has 0 unspecified atom stereocenters. The molecule has 0 radical (unpaired) electrons. The third-order valence-corrected chi connectivity index (χ3v) is 6.05. The number of benzene rings is 2. The van der Waals surface area contributed by atoms with Gasteiger partial charge in [-0.3, -0.25) is 9.59 Å². The van der Waals surface area contributed by atoms with Crippen LogP contribution in [-0.2, 0) is 20.7 Å². The minimum absolute atomic E-state index is 0.200. The van der Waals surface area contributed by atoms with Crippen LogP contribution in [-0.4, -0.2) is 22.8 Å². The zero-order valence-corrected chi connectivity index (χ0v) is 18.2. The van der Waals surface area contributed by atoms with Gasteiger partial charge in [-0.05, 0) is 68.5 Å². The van der Waals surface area contributed by atoms with Crippen LogP contribution in [0.5, 0.6) is 0 Å². The van der Waals surface area contributed by atoms with Crippen LogP contribution in [0.2, 0.25) is 10.0 Å². The van der Waals surface area contributed by atoms with E-state index in [9.17, 15) is 9.59 Å². The van der Waals surface area contributed by atoms with Gasteiger partial charge in [0.1, 0.15) is 17.1 Å². The SMILES string of the molecule is CCc1cc(-c2ccc(Cl)c(Cl)c2)ccc1C1C(=O)C(C)(C)OC(C)(C)C1=O. The van der Waals surface area contributed by atoms with Crippen molar-refractivity contribution in [2.24, 2.45) is 0 Å². The van der Waals surface area contributed by atoms with Gasteiger partial charge in [-0.1, -0.05) is 54.4 Å². The molecule has 3 nitrogen and oxygen atoms in total. The molecule has 1 heterocycles. The van der Waals surface area contributed by atoms with E-state index >= 15 is 0 Å². The number of hydrogen-bond donors (Lipinski definition) is 0. The Morgan fingerprint density at radius 2 is 1.39 bits per heavy atom. The molecule has 1 aliphatic heterocycles. The van der Waals surface area contributed by atoms with Gasteiger partial charge < -0.3 is 4.74 Å². The van der Waals surface area contributed by atoms with Crippen LogP contribution in [0.1, 0.15) is 51.7 Å². The van der Waals surface area contributed by atoms with Crippen LogP contribution in [0.3, 0.4) is 0 Å². The van der Waals surface area contributed by atoms with Crippen molar-refractivity contribution >= 4 is 34.8 Å². The highest BCUT2D eigenvalue weighted by atomic mass is 35.5. The second-order valence-electron chi connectivity index (χ2n) is 8.18. The lowest BCUT2D eigenvalue weighted by molar-refractivity contribution is -0.184. The maximum absolute atomic E-state index is 13.1. The number of ether oxygens (including phenoxy) is 1. The van der Waals surface area contributed by atoms with E-state index in [0.717, 1.165) is 22.3 Å². The first-order chi connectivity index (χ1) is 13.0. The van der Waals surface area contributed by atoms with Crippen LogP contribution in [0.25, 0.3) is 11.1 Å². The molecule has 3 rings (SSSR count). The molecule has 1 saturated heterocycles. The Hall–Kier alpha value is -1.68. The van der Waals surface area contributed by atoms with E-state index < -0.39 is 17.1 Å². The Balaban J connectivity index is 2.10. The smallest absolute Gasteiger partial charge is 0.179 e. The lowest BCUT2D eigenvalue weighted by atomic mass is 9.73. The van der Waals surface area contributed by atoms with Gasteiger partial charge in [-0.15, -0.1) is 0 Å². The number of aryl methyl sites for hydroxylation is 1. The van der Waals surface area contributed by atoms with E-state index in [0.29, 0.717) is 16.5 Å². The molecule has 1 fully saturated rings. The lowest BCUT2D eigenvalue weighted by Gasteiger charge is -2.43. The first-order valence-electron chi connectivity index (χ1n) is 9.35. The van der Waals surface area contributed by atoms with Gasteiger partial charge in [0.25, 0.3) is 0 Å². The average Bonchev–Trinajstić information content (AvgIpc) is 2.62. The molecule has 0 spiro atoms. The molecule has 2 aromatic carbocycles. The van der Waals surface area contributed by atoms with E-state index in [2.05, 4.69) is 0 Å². The number of halogens is 2. The van der Waals surface area contributed by atoms with Gasteiger partial charge >= 0.3 is 0 Å². The monoisotopic (exact) mass is 418 g/mol. The van der Waals surface area contributed by atoms with Crippen LogP contribution < -0.4 is 0 Å². The predicted molar refractivity (Wildman–Crippen MR) is 113 cm³/mol. The standard InChI is InChI=1S/C23H24Cl2O3/c1-6-13-11-14(15-8-10-17(24)18(25)12-15)7-9-16(13)19-20(26)22(2,3)28-23(4,5)21(19)27/h7-12,19H,6H2,1-5H3. The van der Waals surface area contributed by atoms with Crippen molar-refractivity contribution < 1.29 is 14.3 Å². The highest BCUT2D eigenvalue weighted by Crippen LogP contribution is 2.40. The number of carbonyl (C=O) groups excluding carboxylic acids is 2. The van der Waals surface area contributed by atoms with Crippen molar-refractivity contribution in [1.29, 1.82) is 0 Å². The number of carbonyl (C=O) groups is 2. The first kappa shape index (κ1) is 21.0. The molecule has 0 N–H and O–H groups in total. The minimum atomic E-state index is -1.02. The molecule has 2 aromatic rings. The fourth-order valence-electron chi connectivity index (χ4n) is 3.88. The van der Waals surface area contributed by atoms with E-state index in [1.54, 1.807) is 33.8 Å². The highest BCUT2D eigenvalue weighted by Gasteiger charge is 2.53. The van der Waals surface area contributed by atoms with E-state index in [1.165, 1.54) is 0 Å². The Bertz CT molecular complexity index is 934. The van der Waals surface area contributed by atoms with Gasteiger partial charge in [0, 0.05) is 0 Å². The molecule has 148 valence electrons. The molecular formula is C23H24Cl2O3. The van der Waals surface area contributed by atoms with Crippen LogP contribution in [0.15, 0.2) is 36.4 Å². The molecular weight excluding hydrogens is 395 g/mol. The van der Waals surface area contributed by atoms with Crippen LogP contribution in [0, 0.1) is 0 Å². The number of hydrogen-bond acceptors (Lipinski definition) is 3. The summed E-state index contributed by atoms with van der Waals surface area (Å²) in [6.07, 6.45) is 0.698. The van der Waals surface area contributed by atoms with Crippen LogP contribution in [0.4, 0.5) is 0 Å². The second kappa shape index (κ2) is 7.29. The fourth-order valence-corrected chi connectivity index (χ4v) is 4.18. The third-order valence-electron chi connectivity index (χ3n) is 5.31. The second-order valence-corrected chi connectivity index (χ2v) is 8.99. The molecule has 0 atom stereocenters. The molecule has 5 heteroatoms. The average molecular weight is 419 g/mol. The Morgan fingerprint density at radius 3 is 1.93 bits per heavy atom. The van der Waals surface area contributed by atoms with E-state index in [-0.39, 0.29) is 11.6 Å². The number of rotatable bonds is 3. The third kappa shape index (κ3) is 3.63. The van der Waals surface area contributed by atoms with Crippen molar-refractivity contribution in [1.82, 2.24) is 0 Å². The van der Waals surface area contributed by atoms with E-state index in [4.69, 9.17) is 27.9 Å². The summed E-state index contributed by atoms with van der Waals surface area (Å²) < 4.78 is 5.80. The fraction of sp³-hybridized carbons (Fsp3) is 0.391. The summed E-state index contributed by atoms with van der Waals surface area (Å²) in [6.45, 7) is 8.93. The van der Waals surface area contributed by atoms with Crippen LogP contribution >= 0.6 is 23.2 Å². The van der Waals surface area contributed by atoms with Crippen molar-refractivity contribution in [3.8, 4) is 11.1 Å². The van der Waals surface area contributed by atoms with Crippen molar-refractivity contribution in [3.05, 3.63) is 57.6 Å². The quantitative estimate of drug-likeness (QED) is 0.571. The first-order valence-corrected chi connectivity index (χ1v) is 10.1. The molecule has 0 saturated carbocycles. The maximum atomic E-state index is 13.1. The minimum Gasteiger partial charge on any atom is -0.354 e. The Kier molecular flexibility index (Phi) is 5.48. The zero-order chi connectivity index (χ0) is 20.9. The summed E-state index contributed by atoms with van der Waals surface area (Å²) in [5.41, 5.74) is 1.57. The summed E-state index contributed by atoms with van der Waals surface area (Å²) in [7, 11) is 0. The maximum Gasteiger partial charge on any atom is 0.179 e.